The quantitative estimate of drug-likeness (QED) is 0.0208. The molecule has 294 valence electrons. The fourth-order valence-electron chi connectivity index (χ4n) is 6.09. The van der Waals surface area contributed by atoms with Crippen LogP contribution in [0.5, 0.6) is 11.5 Å². The summed E-state index contributed by atoms with van der Waals surface area (Å²) in [5.41, 5.74) is 0.604. The Balaban J connectivity index is 1.83. The minimum absolute atomic E-state index is 0.0830. The van der Waals surface area contributed by atoms with E-state index in [1.165, 1.54) is 75.6 Å². The van der Waals surface area contributed by atoms with Crippen molar-refractivity contribution in [2.24, 2.45) is 5.92 Å². The van der Waals surface area contributed by atoms with Crippen molar-refractivity contribution in [1.82, 2.24) is 5.09 Å². The third-order valence-corrected chi connectivity index (χ3v) is 10.6. The molecule has 0 bridgehead atoms. The lowest BCUT2D eigenvalue weighted by atomic mass is 9.94. The zero-order chi connectivity index (χ0) is 38.5. The second kappa shape index (κ2) is 24.1. The van der Waals surface area contributed by atoms with Crippen LogP contribution in [-0.2, 0) is 20.5 Å². The molecule has 0 saturated heterocycles. The van der Waals surface area contributed by atoms with E-state index in [9.17, 15) is 31.3 Å². The van der Waals surface area contributed by atoms with E-state index in [1.807, 2.05) is 0 Å². The summed E-state index contributed by atoms with van der Waals surface area (Å²) in [7, 11) is -5.12. The summed E-state index contributed by atoms with van der Waals surface area (Å²) in [4.78, 5) is 13.8. The average molecular weight is 768 g/mol. The van der Waals surface area contributed by atoms with Crippen molar-refractivity contribution in [3.05, 3.63) is 95.3 Å². The van der Waals surface area contributed by atoms with E-state index in [-0.39, 0.29) is 24.7 Å². The molecule has 0 radical (unpaired) electrons. The fourth-order valence-corrected chi connectivity index (χ4v) is 7.61. The minimum atomic E-state index is -5.12. The van der Waals surface area contributed by atoms with E-state index in [1.54, 1.807) is 36.4 Å². The van der Waals surface area contributed by atoms with Gasteiger partial charge in [0.1, 0.15) is 11.8 Å². The van der Waals surface area contributed by atoms with Gasteiger partial charge in [0, 0.05) is 0 Å². The molecule has 53 heavy (non-hydrogen) atoms. The zero-order valence-corrected chi connectivity index (χ0v) is 31.9. The first-order valence-corrected chi connectivity index (χ1v) is 20.7. The van der Waals surface area contributed by atoms with Crippen molar-refractivity contribution in [2.75, 3.05) is 6.61 Å². The van der Waals surface area contributed by atoms with Crippen LogP contribution in [0.4, 0.5) is 22.0 Å². The van der Waals surface area contributed by atoms with E-state index >= 15 is 0 Å². The highest BCUT2D eigenvalue weighted by atomic mass is 31.2. The van der Waals surface area contributed by atoms with Crippen LogP contribution in [0.15, 0.2) is 60.7 Å². The summed E-state index contributed by atoms with van der Waals surface area (Å²) < 4.78 is 102. The average Bonchev–Trinajstić information content (AvgIpc) is 3.16. The van der Waals surface area contributed by atoms with E-state index < -0.39 is 54.6 Å². The molecule has 2 atom stereocenters. The van der Waals surface area contributed by atoms with Gasteiger partial charge in [0.25, 0.3) is 0 Å². The molecule has 0 fully saturated rings. The second-order valence-corrected chi connectivity index (χ2v) is 15.2. The number of unbranched alkanes of at least 4 members (excludes halogenated alkanes) is 12. The maximum Gasteiger partial charge on any atom is 0.513 e. The first kappa shape index (κ1) is 44.0. The monoisotopic (exact) mass is 767 g/mol. The van der Waals surface area contributed by atoms with Crippen LogP contribution in [0.25, 0.3) is 0 Å². The molecule has 0 aliphatic carbocycles. The van der Waals surface area contributed by atoms with Gasteiger partial charge in [-0.25, -0.2) is 17.7 Å². The molecule has 0 aliphatic heterocycles. The van der Waals surface area contributed by atoms with Crippen molar-refractivity contribution >= 4 is 13.7 Å². The number of halogens is 5. The molecule has 0 saturated carbocycles. The largest absolute Gasteiger partial charge is 0.513 e. The Labute approximate surface area is 311 Å². The first-order valence-electron chi connectivity index (χ1n) is 19.1. The van der Waals surface area contributed by atoms with Crippen molar-refractivity contribution in [1.29, 1.82) is 0 Å². The summed E-state index contributed by atoms with van der Waals surface area (Å²) in [6.07, 6.45) is 17.7. The number of carbonyl (C=O) groups is 1. The highest BCUT2D eigenvalue weighted by molar-refractivity contribution is 7.52. The molecule has 0 aliphatic rings. The number of hydrogen-bond acceptors (Lipinski definition) is 5. The number of ether oxygens (including phenoxy) is 1. The van der Waals surface area contributed by atoms with Crippen LogP contribution >= 0.6 is 7.75 Å². The van der Waals surface area contributed by atoms with Crippen LogP contribution in [0.3, 0.4) is 0 Å². The molecule has 1 N–H and O–H groups in total. The second-order valence-electron chi connectivity index (χ2n) is 13.6. The molecule has 0 aromatic heterocycles. The lowest BCUT2D eigenvalue weighted by Gasteiger charge is -2.26. The predicted octanol–water partition coefficient (Wildman–Crippen LogP) is 12.6. The smallest absolute Gasteiger partial charge is 0.464 e. The van der Waals surface area contributed by atoms with Gasteiger partial charge < -0.3 is 13.8 Å². The van der Waals surface area contributed by atoms with Crippen LogP contribution in [0.2, 0.25) is 0 Å². The molecular formula is C41H55F5NO5P. The van der Waals surface area contributed by atoms with Gasteiger partial charge in [-0.15, -0.1) is 0 Å². The zero-order valence-electron chi connectivity index (χ0n) is 31.0. The minimum Gasteiger partial charge on any atom is -0.464 e. The molecule has 3 rings (SSSR count). The van der Waals surface area contributed by atoms with E-state index in [0.29, 0.717) is 5.56 Å². The number of rotatable bonds is 27. The van der Waals surface area contributed by atoms with E-state index in [4.69, 9.17) is 13.8 Å². The molecular weight excluding hydrogens is 712 g/mol. The van der Waals surface area contributed by atoms with E-state index in [0.717, 1.165) is 51.4 Å². The maximum absolute atomic E-state index is 14.8. The highest BCUT2D eigenvalue weighted by Gasteiger charge is 2.40. The Morgan fingerprint density at radius 1 is 0.623 bits per heavy atom. The Hall–Kier alpha value is -3.43. The molecule has 0 spiro atoms. The number of esters is 1. The Morgan fingerprint density at radius 2 is 1.08 bits per heavy atom. The molecule has 1 unspecified atom stereocenters. The van der Waals surface area contributed by atoms with Gasteiger partial charge in [0.05, 0.1) is 6.61 Å². The molecule has 6 nitrogen and oxygen atoms in total. The maximum atomic E-state index is 14.8. The SMILES string of the molecule is CCCCCCCCCC(CCCCCCCCC)COC(=O)[C@H](Cc1ccccc1)NP(=O)(Oc1ccccc1)Oc1c(F)c(F)c(F)c(F)c1F. The van der Waals surface area contributed by atoms with Gasteiger partial charge in [0.15, 0.2) is 0 Å². The van der Waals surface area contributed by atoms with Gasteiger partial charge >= 0.3 is 13.7 Å². The number of hydrogen-bond donors (Lipinski definition) is 1. The lowest BCUT2D eigenvalue weighted by Crippen LogP contribution is -2.40. The predicted molar refractivity (Wildman–Crippen MR) is 198 cm³/mol. The standard InChI is InChI=1S/C41H55F5NO5P/c1-3-5-7-9-11-13-17-25-32(26-18-14-12-10-8-6-4-2)30-50-41(48)34(29-31-23-19-15-20-24-31)47-53(49,51-33-27-21-16-22-28-33)52-40-38(45)36(43)35(42)37(44)39(40)46/h15-16,19-24,27-28,32,34H,3-14,17-18,25-26,29-30H2,1-2H3,(H,47,49)/t34-,53?/m0/s1. The summed E-state index contributed by atoms with van der Waals surface area (Å²) in [6.45, 7) is 4.47. The molecule has 3 aromatic rings. The molecule has 3 aromatic carbocycles. The third-order valence-electron chi connectivity index (χ3n) is 9.12. The van der Waals surface area contributed by atoms with Crippen molar-refractivity contribution < 1.29 is 45.1 Å². The summed E-state index contributed by atoms with van der Waals surface area (Å²) in [6, 6.07) is 14.5. The van der Waals surface area contributed by atoms with Crippen molar-refractivity contribution in [2.45, 2.75) is 129 Å². The van der Waals surface area contributed by atoms with Gasteiger partial charge in [-0.1, -0.05) is 152 Å². The Kier molecular flexibility index (Phi) is 20.0. The number of nitrogens with one attached hydrogen (secondary N) is 1. The molecule has 0 heterocycles. The fraction of sp³-hybridized carbons (Fsp3) is 0.537. The van der Waals surface area contributed by atoms with Crippen LogP contribution in [0, 0.1) is 35.0 Å². The Morgan fingerprint density at radius 3 is 1.58 bits per heavy atom. The first-order chi connectivity index (χ1) is 25.6. The van der Waals surface area contributed by atoms with Gasteiger partial charge in [-0.05, 0) is 42.9 Å². The number of carbonyl (C=O) groups excluding carboxylic acids is 1. The van der Waals surface area contributed by atoms with Crippen LogP contribution < -0.4 is 14.1 Å². The number of para-hydroxylation sites is 1. The van der Waals surface area contributed by atoms with E-state index in [2.05, 4.69) is 18.9 Å². The van der Waals surface area contributed by atoms with Crippen molar-refractivity contribution in [3.8, 4) is 11.5 Å². The highest BCUT2D eigenvalue weighted by Crippen LogP contribution is 2.48. The lowest BCUT2D eigenvalue weighted by molar-refractivity contribution is -0.147. The topological polar surface area (TPSA) is 73.9 Å². The van der Waals surface area contributed by atoms with Crippen LogP contribution in [0.1, 0.15) is 122 Å². The van der Waals surface area contributed by atoms with Gasteiger partial charge in [0.2, 0.25) is 34.8 Å². The third kappa shape index (κ3) is 15.5. The molecule has 0 amide bonds. The Bertz CT molecular complexity index is 1500. The number of benzene rings is 3. The van der Waals surface area contributed by atoms with Crippen molar-refractivity contribution in [3.63, 3.8) is 0 Å². The van der Waals surface area contributed by atoms with Gasteiger partial charge in [-0.3, -0.25) is 4.79 Å². The van der Waals surface area contributed by atoms with Gasteiger partial charge in [-0.2, -0.15) is 13.9 Å². The van der Waals surface area contributed by atoms with Crippen LogP contribution in [-0.4, -0.2) is 18.6 Å². The summed E-state index contributed by atoms with van der Waals surface area (Å²) >= 11 is 0. The normalized spacial score (nSPS) is 13.1. The summed E-state index contributed by atoms with van der Waals surface area (Å²) in [5, 5.41) is 2.43. The summed E-state index contributed by atoms with van der Waals surface area (Å²) in [5.74, 6) is -14.4. The molecule has 12 heteroatoms.